The van der Waals surface area contributed by atoms with Crippen LogP contribution in [0, 0.1) is 0 Å². The summed E-state index contributed by atoms with van der Waals surface area (Å²) in [6.07, 6.45) is 0.595. The summed E-state index contributed by atoms with van der Waals surface area (Å²) in [5.74, 6) is 0.357. The second kappa shape index (κ2) is 7.66. The van der Waals surface area contributed by atoms with Gasteiger partial charge >= 0.3 is 5.97 Å². The van der Waals surface area contributed by atoms with Gasteiger partial charge in [-0.2, -0.15) is 0 Å². The zero-order valence-corrected chi connectivity index (χ0v) is 16.9. The Morgan fingerprint density at radius 3 is 2.21 bits per heavy atom. The van der Waals surface area contributed by atoms with Crippen LogP contribution in [0.1, 0.15) is 38.3 Å². The fourth-order valence-corrected chi connectivity index (χ4v) is 3.46. The van der Waals surface area contributed by atoms with E-state index in [1.165, 1.54) is 0 Å². The predicted molar refractivity (Wildman–Crippen MR) is 107 cm³/mol. The van der Waals surface area contributed by atoms with Crippen LogP contribution in [0.2, 0.25) is 0 Å². The average molecular weight is 381 g/mol. The standard InChI is InChI=1S/C23H27NO4/c1-22(2,3)28-21(26)23(14-17-8-6-5-7-9-17)15-20(25)24(23)16-18-10-12-19(27-4)13-11-18/h5-13H,14-16H2,1-4H3/t23-/m0/s1. The average Bonchev–Trinajstić information content (AvgIpc) is 2.65. The number of β-lactam (4-membered cyclic amide) rings is 1. The lowest BCUT2D eigenvalue weighted by Gasteiger charge is -2.50. The van der Waals surface area contributed by atoms with Gasteiger partial charge in [-0.25, -0.2) is 4.79 Å². The molecular weight excluding hydrogens is 354 g/mol. The maximum Gasteiger partial charge on any atom is 0.333 e. The lowest BCUT2D eigenvalue weighted by Crippen LogP contribution is -2.69. The van der Waals surface area contributed by atoms with E-state index in [0.29, 0.717) is 13.0 Å². The summed E-state index contributed by atoms with van der Waals surface area (Å²) in [5.41, 5.74) is 0.340. The molecule has 2 aromatic carbocycles. The third kappa shape index (κ3) is 4.19. The molecule has 1 atom stereocenters. The van der Waals surface area contributed by atoms with Gasteiger partial charge in [0.05, 0.1) is 13.5 Å². The van der Waals surface area contributed by atoms with Crippen LogP contribution >= 0.6 is 0 Å². The van der Waals surface area contributed by atoms with Gasteiger partial charge < -0.3 is 14.4 Å². The predicted octanol–water partition coefficient (Wildman–Crippen LogP) is 3.75. The molecule has 148 valence electrons. The molecule has 0 aromatic heterocycles. The molecule has 0 bridgehead atoms. The van der Waals surface area contributed by atoms with E-state index < -0.39 is 11.1 Å². The molecule has 1 amide bonds. The highest BCUT2D eigenvalue weighted by atomic mass is 16.6. The number of esters is 1. The first-order valence-corrected chi connectivity index (χ1v) is 9.44. The highest BCUT2D eigenvalue weighted by molar-refractivity contribution is 5.99. The number of hydrogen-bond acceptors (Lipinski definition) is 4. The molecule has 2 aromatic rings. The molecule has 0 aliphatic carbocycles. The van der Waals surface area contributed by atoms with E-state index in [4.69, 9.17) is 9.47 Å². The van der Waals surface area contributed by atoms with Crippen molar-refractivity contribution in [3.8, 4) is 5.75 Å². The number of benzene rings is 2. The SMILES string of the molecule is COc1ccc(CN2C(=O)C[C@@]2(Cc2ccccc2)C(=O)OC(C)(C)C)cc1. The fourth-order valence-electron chi connectivity index (χ4n) is 3.46. The Morgan fingerprint density at radius 2 is 1.68 bits per heavy atom. The van der Waals surface area contributed by atoms with E-state index in [1.807, 2.05) is 75.4 Å². The minimum absolute atomic E-state index is 0.0439. The van der Waals surface area contributed by atoms with E-state index in [2.05, 4.69) is 0 Å². The van der Waals surface area contributed by atoms with Gasteiger partial charge in [-0.15, -0.1) is 0 Å². The number of rotatable bonds is 6. The maximum atomic E-state index is 13.2. The van der Waals surface area contributed by atoms with Gasteiger partial charge in [-0.1, -0.05) is 42.5 Å². The molecule has 5 nitrogen and oxygen atoms in total. The quantitative estimate of drug-likeness (QED) is 0.565. The molecule has 0 unspecified atom stereocenters. The van der Waals surface area contributed by atoms with Gasteiger partial charge in [0.1, 0.15) is 11.4 Å². The number of methoxy groups -OCH3 is 1. The molecular formula is C23H27NO4. The van der Waals surface area contributed by atoms with Crippen molar-refractivity contribution >= 4 is 11.9 Å². The van der Waals surface area contributed by atoms with Crippen molar-refractivity contribution < 1.29 is 19.1 Å². The third-order valence-electron chi connectivity index (χ3n) is 4.88. The number of carbonyl (C=O) groups excluding carboxylic acids is 2. The molecule has 0 saturated carbocycles. The minimum Gasteiger partial charge on any atom is -0.497 e. The van der Waals surface area contributed by atoms with Gasteiger partial charge in [-0.05, 0) is 44.0 Å². The van der Waals surface area contributed by atoms with E-state index >= 15 is 0 Å². The zero-order chi connectivity index (χ0) is 20.4. The Morgan fingerprint density at radius 1 is 1.04 bits per heavy atom. The number of nitrogens with zero attached hydrogens (tertiary/aromatic N) is 1. The first-order valence-electron chi connectivity index (χ1n) is 9.44. The summed E-state index contributed by atoms with van der Waals surface area (Å²) in [4.78, 5) is 27.4. The number of ether oxygens (including phenoxy) is 2. The second-order valence-corrected chi connectivity index (χ2v) is 8.20. The molecule has 0 radical (unpaired) electrons. The van der Waals surface area contributed by atoms with Crippen LogP contribution in [-0.2, 0) is 27.3 Å². The number of hydrogen-bond donors (Lipinski definition) is 0. The first kappa shape index (κ1) is 19.9. The summed E-state index contributed by atoms with van der Waals surface area (Å²) in [7, 11) is 1.61. The molecule has 1 heterocycles. The fraction of sp³-hybridized carbons (Fsp3) is 0.391. The largest absolute Gasteiger partial charge is 0.497 e. The van der Waals surface area contributed by atoms with Crippen LogP contribution in [-0.4, -0.2) is 35.0 Å². The van der Waals surface area contributed by atoms with Crippen LogP contribution < -0.4 is 4.74 Å². The highest BCUT2D eigenvalue weighted by Crippen LogP contribution is 2.39. The summed E-state index contributed by atoms with van der Waals surface area (Å²) in [6, 6.07) is 17.3. The number of amides is 1. The molecule has 1 saturated heterocycles. The molecule has 0 spiro atoms. The summed E-state index contributed by atoms with van der Waals surface area (Å²) >= 11 is 0. The van der Waals surface area contributed by atoms with Gasteiger partial charge in [0, 0.05) is 13.0 Å². The molecule has 1 aliphatic heterocycles. The van der Waals surface area contributed by atoms with Crippen LogP contribution in [0.3, 0.4) is 0 Å². The highest BCUT2D eigenvalue weighted by Gasteiger charge is 2.58. The van der Waals surface area contributed by atoms with Crippen LogP contribution in [0.25, 0.3) is 0 Å². The third-order valence-corrected chi connectivity index (χ3v) is 4.88. The Labute approximate surface area is 166 Å². The first-order chi connectivity index (χ1) is 13.2. The van der Waals surface area contributed by atoms with E-state index in [-0.39, 0.29) is 18.3 Å². The number of carbonyl (C=O) groups is 2. The van der Waals surface area contributed by atoms with Crippen molar-refractivity contribution in [3.63, 3.8) is 0 Å². The van der Waals surface area contributed by atoms with Gasteiger partial charge in [-0.3, -0.25) is 4.79 Å². The Bertz CT molecular complexity index is 839. The van der Waals surface area contributed by atoms with E-state index in [0.717, 1.165) is 16.9 Å². The normalized spacial score (nSPS) is 19.1. The maximum absolute atomic E-state index is 13.2. The lowest BCUT2D eigenvalue weighted by atomic mass is 9.78. The van der Waals surface area contributed by atoms with E-state index in [1.54, 1.807) is 12.0 Å². The molecule has 5 heteroatoms. The van der Waals surface area contributed by atoms with Crippen molar-refractivity contribution in [3.05, 3.63) is 65.7 Å². The monoisotopic (exact) mass is 381 g/mol. The molecule has 1 aliphatic rings. The smallest absolute Gasteiger partial charge is 0.333 e. The van der Waals surface area contributed by atoms with Crippen molar-refractivity contribution in [1.82, 2.24) is 4.90 Å². The summed E-state index contributed by atoms with van der Waals surface area (Å²) < 4.78 is 10.9. The zero-order valence-electron chi connectivity index (χ0n) is 16.9. The topological polar surface area (TPSA) is 55.8 Å². The number of likely N-dealkylation sites (tertiary alicyclic amines) is 1. The van der Waals surface area contributed by atoms with Crippen LogP contribution in [0.5, 0.6) is 5.75 Å². The minimum atomic E-state index is -0.981. The van der Waals surface area contributed by atoms with Crippen LogP contribution in [0.15, 0.2) is 54.6 Å². The molecule has 3 rings (SSSR count). The molecule has 0 N–H and O–H groups in total. The van der Waals surface area contributed by atoms with Crippen molar-refractivity contribution in [2.24, 2.45) is 0 Å². The van der Waals surface area contributed by atoms with Gasteiger partial charge in [0.2, 0.25) is 5.91 Å². The van der Waals surface area contributed by atoms with Gasteiger partial charge in [0.25, 0.3) is 0 Å². The molecule has 1 fully saturated rings. The lowest BCUT2D eigenvalue weighted by molar-refractivity contribution is -0.188. The van der Waals surface area contributed by atoms with E-state index in [9.17, 15) is 9.59 Å². The van der Waals surface area contributed by atoms with Crippen molar-refractivity contribution in [2.75, 3.05) is 7.11 Å². The van der Waals surface area contributed by atoms with Crippen molar-refractivity contribution in [1.29, 1.82) is 0 Å². The second-order valence-electron chi connectivity index (χ2n) is 8.20. The molecule has 28 heavy (non-hydrogen) atoms. The Hall–Kier alpha value is -2.82. The van der Waals surface area contributed by atoms with Gasteiger partial charge in [0.15, 0.2) is 5.54 Å². The van der Waals surface area contributed by atoms with Crippen LogP contribution in [0.4, 0.5) is 0 Å². The Balaban J connectivity index is 1.90. The summed E-state index contributed by atoms with van der Waals surface area (Å²) in [6.45, 7) is 5.88. The van der Waals surface area contributed by atoms with Crippen molar-refractivity contribution in [2.45, 2.75) is 51.3 Å². The Kier molecular flexibility index (Phi) is 5.45. The summed E-state index contributed by atoms with van der Waals surface area (Å²) in [5, 5.41) is 0.